The molecule has 0 radical (unpaired) electrons. The molecule has 0 aliphatic carbocycles. The number of nitrogens with zero attached hydrogens (tertiary/aromatic N) is 3. The molecular weight excluding hydrogens is 606 g/mol. The van der Waals surface area contributed by atoms with Crippen molar-refractivity contribution in [2.45, 2.75) is 37.4 Å². The van der Waals surface area contributed by atoms with Crippen LogP contribution in [0.1, 0.15) is 35.2 Å². The van der Waals surface area contributed by atoms with Crippen LogP contribution in [0, 0.1) is 6.92 Å². The highest BCUT2D eigenvalue weighted by Crippen LogP contribution is 2.38. The van der Waals surface area contributed by atoms with Gasteiger partial charge in [-0.3, -0.25) is 4.79 Å². The number of amides is 1. The maximum absolute atomic E-state index is 14.0. The molecule has 1 aliphatic rings. The van der Waals surface area contributed by atoms with Crippen LogP contribution in [0.15, 0.2) is 113 Å². The van der Waals surface area contributed by atoms with Gasteiger partial charge in [0, 0.05) is 16.5 Å². The first kappa shape index (κ1) is 30.3. The average molecular weight is 638 g/mol. The number of nitrogens with one attached hydrogen (secondary N) is 2. The van der Waals surface area contributed by atoms with Crippen molar-refractivity contribution in [2.24, 2.45) is 0 Å². The monoisotopic (exact) mass is 637 g/mol. The third-order valence-electron chi connectivity index (χ3n) is 7.60. The Hall–Kier alpha value is -4.73. The Morgan fingerprint density at radius 2 is 1.67 bits per heavy atom. The van der Waals surface area contributed by atoms with E-state index < -0.39 is 6.04 Å². The number of halogens is 1. The van der Waals surface area contributed by atoms with Crippen molar-refractivity contribution in [1.82, 2.24) is 14.8 Å². The van der Waals surface area contributed by atoms with Crippen LogP contribution in [0.25, 0.3) is 0 Å². The standard InChI is InChI=1S/C35H32ClN5O3S/c1-22-10-4-5-11-25(22)20-44-27-18-16-24(17-19-27)32-31(33(42)38-29-14-8-9-15-30(29)43-3)23(2)37-34-39-35(40-41(32)34)45-21-26-12-6-7-13-28(26)36/h4-19,32H,20-21H2,1-3H3,(H,38,42)(H,37,39,40). The topological polar surface area (TPSA) is 90.3 Å². The molecule has 8 nitrogen and oxygen atoms in total. The van der Waals surface area contributed by atoms with E-state index in [0.29, 0.717) is 51.2 Å². The summed E-state index contributed by atoms with van der Waals surface area (Å²) in [7, 11) is 1.58. The first-order chi connectivity index (χ1) is 21.9. The van der Waals surface area contributed by atoms with Gasteiger partial charge in [-0.25, -0.2) is 4.68 Å². The number of thioether (sulfide) groups is 1. The minimum Gasteiger partial charge on any atom is -0.495 e. The molecule has 0 spiro atoms. The Bertz CT molecular complexity index is 1870. The van der Waals surface area contributed by atoms with Gasteiger partial charge in [-0.1, -0.05) is 90.1 Å². The zero-order chi connectivity index (χ0) is 31.3. The van der Waals surface area contributed by atoms with Gasteiger partial charge in [-0.2, -0.15) is 4.98 Å². The van der Waals surface area contributed by atoms with Gasteiger partial charge in [-0.05, 0) is 66.4 Å². The molecule has 0 saturated carbocycles. The van der Waals surface area contributed by atoms with Crippen molar-refractivity contribution < 1.29 is 14.3 Å². The van der Waals surface area contributed by atoms with Crippen LogP contribution in [-0.2, 0) is 17.2 Å². The Balaban J connectivity index is 1.31. The van der Waals surface area contributed by atoms with Gasteiger partial charge in [0.2, 0.25) is 11.1 Å². The second kappa shape index (κ2) is 13.5. The Kier molecular flexibility index (Phi) is 9.09. The number of carbonyl (C=O) groups excluding carboxylic acids is 1. The Morgan fingerprint density at radius 3 is 2.42 bits per heavy atom. The van der Waals surface area contributed by atoms with Crippen molar-refractivity contribution in [2.75, 3.05) is 17.7 Å². The lowest BCUT2D eigenvalue weighted by Crippen LogP contribution is -2.31. The number of rotatable bonds is 10. The number of anilines is 2. The van der Waals surface area contributed by atoms with E-state index in [1.807, 2.05) is 85.8 Å². The zero-order valence-electron chi connectivity index (χ0n) is 25.1. The summed E-state index contributed by atoms with van der Waals surface area (Å²) < 4.78 is 13.4. The van der Waals surface area contributed by atoms with Gasteiger partial charge < -0.3 is 20.1 Å². The summed E-state index contributed by atoms with van der Waals surface area (Å²) in [6, 6.07) is 30.4. The smallest absolute Gasteiger partial charge is 0.255 e. The second-order valence-corrected chi connectivity index (χ2v) is 11.9. The minimum absolute atomic E-state index is 0.277. The van der Waals surface area contributed by atoms with Crippen molar-refractivity contribution in [3.8, 4) is 11.5 Å². The number of methoxy groups -OCH3 is 1. The third kappa shape index (κ3) is 6.69. The number of fused-ring (bicyclic) bond motifs is 1. The first-order valence-corrected chi connectivity index (χ1v) is 15.8. The quantitative estimate of drug-likeness (QED) is 0.150. The number of hydrogen-bond acceptors (Lipinski definition) is 7. The van der Waals surface area contributed by atoms with Gasteiger partial charge in [-0.15, -0.1) is 5.10 Å². The maximum atomic E-state index is 14.0. The molecule has 1 aromatic heterocycles. The molecule has 10 heteroatoms. The summed E-state index contributed by atoms with van der Waals surface area (Å²) in [5.41, 5.74) is 5.92. The Morgan fingerprint density at radius 1 is 0.956 bits per heavy atom. The number of benzene rings is 4. The molecule has 0 fully saturated rings. The van der Waals surface area contributed by atoms with Crippen molar-refractivity contribution in [3.05, 3.63) is 136 Å². The highest BCUT2D eigenvalue weighted by Gasteiger charge is 2.34. The number of ether oxygens (including phenoxy) is 2. The Labute approximate surface area is 271 Å². The van der Waals surface area contributed by atoms with Gasteiger partial charge in [0.25, 0.3) is 5.91 Å². The maximum Gasteiger partial charge on any atom is 0.255 e. The number of carbonyl (C=O) groups is 1. The van der Waals surface area contributed by atoms with Crippen LogP contribution >= 0.6 is 23.4 Å². The molecular formula is C35H32ClN5O3S. The second-order valence-electron chi connectivity index (χ2n) is 10.5. The predicted octanol–water partition coefficient (Wildman–Crippen LogP) is 8.05. The van der Waals surface area contributed by atoms with E-state index in [1.54, 1.807) is 17.9 Å². The molecule has 5 aromatic rings. The summed E-state index contributed by atoms with van der Waals surface area (Å²) in [6.07, 6.45) is 0. The largest absolute Gasteiger partial charge is 0.495 e. The molecule has 0 saturated heterocycles. The van der Waals surface area contributed by atoms with Gasteiger partial charge in [0.1, 0.15) is 24.1 Å². The number of hydrogen-bond donors (Lipinski definition) is 2. The van der Waals surface area contributed by atoms with Crippen LogP contribution in [0.2, 0.25) is 5.02 Å². The van der Waals surface area contributed by atoms with Crippen LogP contribution in [0.3, 0.4) is 0 Å². The third-order valence-corrected chi connectivity index (χ3v) is 8.85. The van der Waals surface area contributed by atoms with Crippen molar-refractivity contribution in [3.63, 3.8) is 0 Å². The van der Waals surface area contributed by atoms with Crippen LogP contribution in [-0.4, -0.2) is 27.8 Å². The molecule has 1 aliphatic heterocycles. The summed E-state index contributed by atoms with van der Waals surface area (Å²) in [5.74, 6) is 2.17. The normalized spacial score (nSPS) is 14.0. The van der Waals surface area contributed by atoms with Crippen LogP contribution in [0.4, 0.5) is 11.6 Å². The van der Waals surface area contributed by atoms with E-state index in [0.717, 1.165) is 22.4 Å². The lowest BCUT2D eigenvalue weighted by Gasteiger charge is -2.29. The van der Waals surface area contributed by atoms with E-state index >= 15 is 0 Å². The number of aryl methyl sites for hydroxylation is 1. The molecule has 228 valence electrons. The average Bonchev–Trinajstić information content (AvgIpc) is 3.46. The van der Waals surface area contributed by atoms with Crippen molar-refractivity contribution in [1.29, 1.82) is 0 Å². The molecule has 1 atom stereocenters. The molecule has 6 rings (SSSR count). The number of para-hydroxylation sites is 2. The summed E-state index contributed by atoms with van der Waals surface area (Å²) >= 11 is 7.87. The molecule has 1 amide bonds. The van der Waals surface area contributed by atoms with E-state index in [1.165, 1.54) is 17.3 Å². The fraction of sp³-hybridized carbons (Fsp3) is 0.171. The van der Waals surface area contributed by atoms with E-state index in [4.69, 9.17) is 31.2 Å². The zero-order valence-corrected chi connectivity index (χ0v) is 26.7. The number of aromatic nitrogens is 3. The lowest BCUT2D eigenvalue weighted by molar-refractivity contribution is -0.113. The van der Waals surface area contributed by atoms with Crippen molar-refractivity contribution >= 4 is 40.9 Å². The highest BCUT2D eigenvalue weighted by atomic mass is 35.5. The first-order valence-electron chi connectivity index (χ1n) is 14.4. The molecule has 45 heavy (non-hydrogen) atoms. The van der Waals surface area contributed by atoms with Crippen LogP contribution < -0.4 is 20.1 Å². The number of allylic oxidation sites excluding steroid dienone is 1. The molecule has 1 unspecified atom stereocenters. The van der Waals surface area contributed by atoms with Gasteiger partial charge >= 0.3 is 0 Å². The predicted molar refractivity (Wildman–Crippen MR) is 179 cm³/mol. The van der Waals surface area contributed by atoms with Crippen LogP contribution in [0.5, 0.6) is 11.5 Å². The van der Waals surface area contributed by atoms with E-state index in [2.05, 4.69) is 29.7 Å². The van der Waals surface area contributed by atoms with E-state index in [9.17, 15) is 4.79 Å². The molecule has 0 bridgehead atoms. The van der Waals surface area contributed by atoms with Gasteiger partial charge in [0.15, 0.2) is 0 Å². The molecule has 4 aromatic carbocycles. The SMILES string of the molecule is COc1ccccc1NC(=O)C1=C(C)Nc2nc(SCc3ccccc3Cl)nn2C1c1ccc(OCc2ccccc2C)cc1. The minimum atomic E-state index is -0.552. The van der Waals surface area contributed by atoms with Gasteiger partial charge in [0.05, 0.1) is 18.4 Å². The molecule has 2 heterocycles. The van der Waals surface area contributed by atoms with E-state index in [-0.39, 0.29) is 5.91 Å². The fourth-order valence-electron chi connectivity index (χ4n) is 5.17. The molecule has 2 N–H and O–H groups in total. The summed E-state index contributed by atoms with van der Waals surface area (Å²) in [4.78, 5) is 18.7. The highest BCUT2D eigenvalue weighted by molar-refractivity contribution is 7.98. The summed E-state index contributed by atoms with van der Waals surface area (Å²) in [5, 5.41) is 12.5. The lowest BCUT2D eigenvalue weighted by atomic mass is 9.95. The fourth-order valence-corrected chi connectivity index (χ4v) is 6.28. The summed E-state index contributed by atoms with van der Waals surface area (Å²) in [6.45, 7) is 4.41.